The van der Waals surface area contributed by atoms with Crippen LogP contribution in [0.4, 0.5) is 5.69 Å². The van der Waals surface area contributed by atoms with Gasteiger partial charge in [-0.1, -0.05) is 25.1 Å². The van der Waals surface area contributed by atoms with Crippen molar-refractivity contribution >= 4 is 5.69 Å². The summed E-state index contributed by atoms with van der Waals surface area (Å²) >= 11 is 0. The average molecular weight is 260 g/mol. The summed E-state index contributed by atoms with van der Waals surface area (Å²) in [6, 6.07) is 8.76. The van der Waals surface area contributed by atoms with Crippen LogP contribution in [0.5, 0.6) is 0 Å². The van der Waals surface area contributed by atoms with Crippen LogP contribution in [-0.4, -0.2) is 19.1 Å². The molecular formula is C17H28N2. The van der Waals surface area contributed by atoms with Crippen LogP contribution in [0.2, 0.25) is 0 Å². The molecule has 0 aromatic heterocycles. The van der Waals surface area contributed by atoms with Crippen molar-refractivity contribution in [1.82, 2.24) is 5.32 Å². The summed E-state index contributed by atoms with van der Waals surface area (Å²) in [6.45, 7) is 11.1. The molecule has 0 saturated heterocycles. The molecule has 1 aromatic rings. The lowest BCUT2D eigenvalue weighted by atomic mass is 10.1. The van der Waals surface area contributed by atoms with Crippen LogP contribution in [0.25, 0.3) is 0 Å². The Morgan fingerprint density at radius 3 is 2.47 bits per heavy atom. The van der Waals surface area contributed by atoms with E-state index in [0.717, 1.165) is 18.4 Å². The first-order chi connectivity index (χ1) is 8.87. The Labute approximate surface area is 118 Å². The van der Waals surface area contributed by atoms with Gasteiger partial charge < -0.3 is 10.2 Å². The Hall–Kier alpha value is -1.02. The molecule has 1 aliphatic carbocycles. The smallest absolute Gasteiger partial charge is 0.0409 e. The third-order valence-electron chi connectivity index (χ3n) is 4.00. The summed E-state index contributed by atoms with van der Waals surface area (Å²) in [5, 5.41) is 3.58. The fourth-order valence-corrected chi connectivity index (χ4v) is 2.50. The van der Waals surface area contributed by atoms with Gasteiger partial charge in [0.15, 0.2) is 0 Å². The van der Waals surface area contributed by atoms with E-state index in [1.807, 2.05) is 0 Å². The van der Waals surface area contributed by atoms with Gasteiger partial charge in [0.25, 0.3) is 0 Å². The maximum Gasteiger partial charge on any atom is 0.0409 e. The molecule has 2 unspecified atom stereocenters. The second kappa shape index (κ2) is 5.54. The molecule has 0 heterocycles. The number of hydrogen-bond donors (Lipinski definition) is 1. The molecule has 0 spiro atoms. The largest absolute Gasteiger partial charge is 0.374 e. The summed E-state index contributed by atoms with van der Waals surface area (Å²) in [7, 11) is 2.22. The standard InChI is InChI=1S/C17H28N2/c1-13-10-15(13)12-19(5)16-9-7-6-8-14(16)11-18-17(2,3)4/h6-9,13,15,18H,10-12H2,1-5H3. The molecule has 2 heteroatoms. The zero-order chi connectivity index (χ0) is 14.0. The van der Waals surface area contributed by atoms with Gasteiger partial charge in [-0.05, 0) is 50.7 Å². The predicted molar refractivity (Wildman–Crippen MR) is 83.6 cm³/mol. The second-order valence-electron chi connectivity index (χ2n) is 7.09. The van der Waals surface area contributed by atoms with Crippen molar-refractivity contribution in [1.29, 1.82) is 0 Å². The molecule has 106 valence electrons. The van der Waals surface area contributed by atoms with Gasteiger partial charge in [-0.2, -0.15) is 0 Å². The number of hydrogen-bond acceptors (Lipinski definition) is 2. The van der Waals surface area contributed by atoms with Gasteiger partial charge in [-0.15, -0.1) is 0 Å². The van der Waals surface area contributed by atoms with Gasteiger partial charge in [0.1, 0.15) is 0 Å². The molecule has 0 bridgehead atoms. The fraction of sp³-hybridized carbons (Fsp3) is 0.647. The van der Waals surface area contributed by atoms with E-state index in [2.05, 4.69) is 69.2 Å². The molecule has 2 rings (SSSR count). The molecule has 0 aliphatic heterocycles. The highest BCUT2D eigenvalue weighted by atomic mass is 15.1. The van der Waals surface area contributed by atoms with Crippen molar-refractivity contribution < 1.29 is 0 Å². The van der Waals surface area contributed by atoms with Gasteiger partial charge in [-0.3, -0.25) is 0 Å². The Morgan fingerprint density at radius 1 is 1.26 bits per heavy atom. The van der Waals surface area contributed by atoms with E-state index in [0.29, 0.717) is 0 Å². The van der Waals surface area contributed by atoms with Crippen molar-refractivity contribution in [2.75, 3.05) is 18.5 Å². The number of para-hydroxylation sites is 1. The fourth-order valence-electron chi connectivity index (χ4n) is 2.50. The first kappa shape index (κ1) is 14.4. The molecule has 0 amide bonds. The highest BCUT2D eigenvalue weighted by molar-refractivity contribution is 5.53. The van der Waals surface area contributed by atoms with E-state index in [1.165, 1.54) is 24.2 Å². The number of anilines is 1. The highest BCUT2D eigenvalue weighted by Gasteiger charge is 2.33. The zero-order valence-electron chi connectivity index (χ0n) is 13.0. The molecule has 1 saturated carbocycles. The van der Waals surface area contributed by atoms with Crippen LogP contribution in [0.1, 0.15) is 39.7 Å². The van der Waals surface area contributed by atoms with Crippen LogP contribution in [0.15, 0.2) is 24.3 Å². The quantitative estimate of drug-likeness (QED) is 0.869. The van der Waals surface area contributed by atoms with E-state index in [4.69, 9.17) is 0 Å². The average Bonchev–Trinajstić information content (AvgIpc) is 3.01. The second-order valence-corrected chi connectivity index (χ2v) is 7.09. The van der Waals surface area contributed by atoms with E-state index in [9.17, 15) is 0 Å². The van der Waals surface area contributed by atoms with Gasteiger partial charge in [0.2, 0.25) is 0 Å². The lowest BCUT2D eigenvalue weighted by molar-refractivity contribution is 0.424. The number of rotatable bonds is 5. The molecular weight excluding hydrogens is 232 g/mol. The minimum Gasteiger partial charge on any atom is -0.374 e. The maximum absolute atomic E-state index is 3.58. The van der Waals surface area contributed by atoms with Crippen molar-refractivity contribution in [2.24, 2.45) is 11.8 Å². The van der Waals surface area contributed by atoms with Crippen LogP contribution < -0.4 is 10.2 Å². The Kier molecular flexibility index (Phi) is 4.19. The van der Waals surface area contributed by atoms with Crippen molar-refractivity contribution in [3.8, 4) is 0 Å². The number of benzene rings is 1. The number of nitrogens with zero attached hydrogens (tertiary/aromatic N) is 1. The summed E-state index contributed by atoms with van der Waals surface area (Å²) in [4.78, 5) is 2.42. The van der Waals surface area contributed by atoms with Gasteiger partial charge in [-0.25, -0.2) is 0 Å². The third kappa shape index (κ3) is 4.24. The summed E-state index contributed by atoms with van der Waals surface area (Å²) < 4.78 is 0. The molecule has 19 heavy (non-hydrogen) atoms. The van der Waals surface area contributed by atoms with Crippen molar-refractivity contribution in [2.45, 2.75) is 46.2 Å². The van der Waals surface area contributed by atoms with Crippen LogP contribution in [0, 0.1) is 11.8 Å². The monoisotopic (exact) mass is 260 g/mol. The van der Waals surface area contributed by atoms with Gasteiger partial charge >= 0.3 is 0 Å². The summed E-state index contributed by atoms with van der Waals surface area (Å²) in [5.41, 5.74) is 2.93. The normalized spacial score (nSPS) is 22.4. The molecule has 1 N–H and O–H groups in total. The Morgan fingerprint density at radius 2 is 1.89 bits per heavy atom. The predicted octanol–water partition coefficient (Wildman–Crippen LogP) is 3.67. The lowest BCUT2D eigenvalue weighted by Crippen LogP contribution is -2.35. The van der Waals surface area contributed by atoms with Crippen molar-refractivity contribution in [3.05, 3.63) is 29.8 Å². The molecule has 2 nitrogen and oxygen atoms in total. The maximum atomic E-state index is 3.58. The third-order valence-corrected chi connectivity index (χ3v) is 4.00. The van der Waals surface area contributed by atoms with E-state index in [1.54, 1.807) is 0 Å². The molecule has 1 aliphatic rings. The van der Waals surface area contributed by atoms with E-state index in [-0.39, 0.29) is 5.54 Å². The van der Waals surface area contributed by atoms with Crippen molar-refractivity contribution in [3.63, 3.8) is 0 Å². The van der Waals surface area contributed by atoms with E-state index < -0.39 is 0 Å². The minimum atomic E-state index is 0.163. The lowest BCUT2D eigenvalue weighted by Gasteiger charge is -2.25. The van der Waals surface area contributed by atoms with Crippen LogP contribution in [-0.2, 0) is 6.54 Å². The van der Waals surface area contributed by atoms with Gasteiger partial charge in [0.05, 0.1) is 0 Å². The first-order valence-electron chi connectivity index (χ1n) is 7.41. The molecule has 0 radical (unpaired) electrons. The SMILES string of the molecule is CC1CC1CN(C)c1ccccc1CNC(C)(C)C. The summed E-state index contributed by atoms with van der Waals surface area (Å²) in [6.07, 6.45) is 1.40. The Balaban J connectivity index is 2.02. The first-order valence-corrected chi connectivity index (χ1v) is 7.41. The molecule has 2 atom stereocenters. The van der Waals surface area contributed by atoms with Crippen LogP contribution >= 0.6 is 0 Å². The Bertz CT molecular complexity index is 420. The van der Waals surface area contributed by atoms with Crippen LogP contribution in [0.3, 0.4) is 0 Å². The highest BCUT2D eigenvalue weighted by Crippen LogP contribution is 2.39. The molecule has 1 aromatic carbocycles. The van der Waals surface area contributed by atoms with Gasteiger partial charge in [0, 0.05) is 31.4 Å². The zero-order valence-corrected chi connectivity index (χ0v) is 13.0. The number of nitrogens with one attached hydrogen (secondary N) is 1. The minimum absolute atomic E-state index is 0.163. The van der Waals surface area contributed by atoms with E-state index >= 15 is 0 Å². The summed E-state index contributed by atoms with van der Waals surface area (Å²) in [5.74, 6) is 1.82. The molecule has 1 fully saturated rings. The topological polar surface area (TPSA) is 15.3 Å².